The van der Waals surface area contributed by atoms with E-state index in [9.17, 15) is 9.90 Å². The third-order valence-electron chi connectivity index (χ3n) is 3.52. The predicted molar refractivity (Wildman–Crippen MR) is 94.5 cm³/mol. The molecule has 0 saturated carbocycles. The summed E-state index contributed by atoms with van der Waals surface area (Å²) >= 11 is 1.45. The van der Waals surface area contributed by atoms with E-state index in [1.807, 2.05) is 48.0 Å². The number of rotatable bonds is 5. The van der Waals surface area contributed by atoms with Gasteiger partial charge in [-0.2, -0.15) is 5.10 Å². The number of urea groups is 1. The minimum Gasteiger partial charge on any atom is -0.383 e. The van der Waals surface area contributed by atoms with E-state index < -0.39 is 5.60 Å². The Bertz CT molecular complexity index is 798. The minimum atomic E-state index is -1.09. The normalized spacial score (nSPS) is 13.2. The molecule has 0 radical (unpaired) electrons. The van der Waals surface area contributed by atoms with Crippen LogP contribution in [0.3, 0.4) is 0 Å². The SMILES string of the molecule is C[C@](O)(CNC(=O)Nc1cccc(-n2cccn2)c1)c1cccs1. The highest BCUT2D eigenvalue weighted by atomic mass is 32.1. The van der Waals surface area contributed by atoms with Crippen molar-refractivity contribution in [3.05, 3.63) is 65.1 Å². The lowest BCUT2D eigenvalue weighted by Gasteiger charge is -2.22. The van der Waals surface area contributed by atoms with Crippen LogP contribution < -0.4 is 10.6 Å². The molecular formula is C17H18N4O2S. The number of aliphatic hydroxyl groups is 1. The number of nitrogens with zero attached hydrogens (tertiary/aromatic N) is 2. The molecule has 1 aromatic carbocycles. The maximum atomic E-state index is 12.1. The van der Waals surface area contributed by atoms with Crippen molar-refractivity contribution in [1.82, 2.24) is 15.1 Å². The summed E-state index contributed by atoms with van der Waals surface area (Å²) < 4.78 is 1.71. The minimum absolute atomic E-state index is 0.123. The smallest absolute Gasteiger partial charge is 0.319 e. The molecule has 7 heteroatoms. The quantitative estimate of drug-likeness (QED) is 0.667. The zero-order chi connectivity index (χ0) is 17.0. The molecule has 2 heterocycles. The molecular weight excluding hydrogens is 324 g/mol. The first-order valence-electron chi connectivity index (χ1n) is 7.46. The van der Waals surface area contributed by atoms with Gasteiger partial charge in [0.1, 0.15) is 5.60 Å². The van der Waals surface area contributed by atoms with Crippen LogP contribution in [0.4, 0.5) is 10.5 Å². The van der Waals surface area contributed by atoms with Crippen molar-refractivity contribution < 1.29 is 9.90 Å². The van der Waals surface area contributed by atoms with E-state index in [0.717, 1.165) is 10.6 Å². The summed E-state index contributed by atoms with van der Waals surface area (Å²) in [6.45, 7) is 1.80. The topological polar surface area (TPSA) is 79.2 Å². The maximum absolute atomic E-state index is 12.1. The Hall–Kier alpha value is -2.64. The standard InChI is InChI=1S/C17H18N4O2S/c1-17(23,15-7-3-10-24-15)12-18-16(22)20-13-5-2-6-14(11-13)21-9-4-8-19-21/h2-11,23H,12H2,1H3,(H2,18,20,22)/t17-/m0/s1. The first-order chi connectivity index (χ1) is 11.5. The molecule has 3 N–H and O–H groups in total. The van der Waals surface area contributed by atoms with E-state index >= 15 is 0 Å². The number of anilines is 1. The van der Waals surface area contributed by atoms with Crippen LogP contribution >= 0.6 is 11.3 Å². The summed E-state index contributed by atoms with van der Waals surface area (Å²) in [4.78, 5) is 12.9. The Labute approximate surface area is 143 Å². The molecule has 0 aliphatic heterocycles. The second-order valence-electron chi connectivity index (χ2n) is 5.56. The number of carbonyl (C=O) groups is 1. The summed E-state index contributed by atoms with van der Waals surface area (Å²) in [6.07, 6.45) is 3.52. The van der Waals surface area contributed by atoms with E-state index in [0.29, 0.717) is 5.69 Å². The van der Waals surface area contributed by atoms with Gasteiger partial charge in [-0.3, -0.25) is 0 Å². The van der Waals surface area contributed by atoms with Crippen molar-refractivity contribution in [2.75, 3.05) is 11.9 Å². The van der Waals surface area contributed by atoms with Gasteiger partial charge < -0.3 is 15.7 Å². The van der Waals surface area contributed by atoms with Gasteiger partial charge in [0.15, 0.2) is 0 Å². The molecule has 3 aromatic rings. The van der Waals surface area contributed by atoms with Crippen LogP contribution in [0.1, 0.15) is 11.8 Å². The molecule has 6 nitrogen and oxygen atoms in total. The highest BCUT2D eigenvalue weighted by Crippen LogP contribution is 2.24. The van der Waals surface area contributed by atoms with Crippen molar-refractivity contribution in [1.29, 1.82) is 0 Å². The highest BCUT2D eigenvalue weighted by Gasteiger charge is 2.24. The van der Waals surface area contributed by atoms with Gasteiger partial charge in [0, 0.05) is 23.0 Å². The van der Waals surface area contributed by atoms with E-state index in [4.69, 9.17) is 0 Å². The van der Waals surface area contributed by atoms with Crippen LogP contribution in [0, 0.1) is 0 Å². The molecule has 2 aromatic heterocycles. The van der Waals surface area contributed by atoms with Crippen LogP contribution in [-0.2, 0) is 5.60 Å². The summed E-state index contributed by atoms with van der Waals surface area (Å²) in [5.74, 6) is 0. The summed E-state index contributed by atoms with van der Waals surface area (Å²) in [6, 6.07) is 12.5. The van der Waals surface area contributed by atoms with Gasteiger partial charge in [-0.1, -0.05) is 12.1 Å². The fourth-order valence-electron chi connectivity index (χ4n) is 2.25. The van der Waals surface area contributed by atoms with Gasteiger partial charge in [-0.15, -0.1) is 11.3 Å². The first-order valence-corrected chi connectivity index (χ1v) is 8.34. The molecule has 1 atom stereocenters. The number of amides is 2. The lowest BCUT2D eigenvalue weighted by Crippen LogP contribution is -2.40. The monoisotopic (exact) mass is 342 g/mol. The number of hydrogen-bond acceptors (Lipinski definition) is 4. The molecule has 24 heavy (non-hydrogen) atoms. The average Bonchev–Trinajstić information content (AvgIpc) is 3.26. The number of benzene rings is 1. The zero-order valence-corrected chi connectivity index (χ0v) is 14.0. The average molecular weight is 342 g/mol. The van der Waals surface area contributed by atoms with Crippen LogP contribution in [0.15, 0.2) is 60.2 Å². The number of nitrogens with one attached hydrogen (secondary N) is 2. The third kappa shape index (κ3) is 3.81. The van der Waals surface area contributed by atoms with E-state index in [-0.39, 0.29) is 12.6 Å². The first kappa shape index (κ1) is 16.2. The lowest BCUT2D eigenvalue weighted by atomic mass is 10.1. The van der Waals surface area contributed by atoms with Gasteiger partial charge in [0.2, 0.25) is 0 Å². The van der Waals surface area contributed by atoms with Gasteiger partial charge in [0.05, 0.1) is 12.2 Å². The summed E-state index contributed by atoms with van der Waals surface area (Å²) in [5, 5.41) is 21.9. The van der Waals surface area contributed by atoms with E-state index in [2.05, 4.69) is 15.7 Å². The van der Waals surface area contributed by atoms with Crippen molar-refractivity contribution >= 4 is 23.1 Å². The van der Waals surface area contributed by atoms with Gasteiger partial charge in [0.25, 0.3) is 0 Å². The van der Waals surface area contributed by atoms with Crippen molar-refractivity contribution in [2.24, 2.45) is 0 Å². The second kappa shape index (κ2) is 6.86. The molecule has 3 rings (SSSR count). The summed E-state index contributed by atoms with van der Waals surface area (Å²) in [5.41, 5.74) is 0.405. The number of carbonyl (C=O) groups excluding carboxylic acids is 1. The molecule has 0 aliphatic carbocycles. The Morgan fingerprint density at radius 3 is 2.92 bits per heavy atom. The fraction of sp³-hybridized carbons (Fsp3) is 0.176. The number of aromatic nitrogens is 2. The second-order valence-corrected chi connectivity index (χ2v) is 6.51. The number of hydrogen-bond donors (Lipinski definition) is 3. The molecule has 124 valence electrons. The van der Waals surface area contributed by atoms with Crippen molar-refractivity contribution in [3.8, 4) is 5.69 Å². The maximum Gasteiger partial charge on any atom is 0.319 e. The third-order valence-corrected chi connectivity index (χ3v) is 4.64. The molecule has 0 bridgehead atoms. The highest BCUT2D eigenvalue weighted by molar-refractivity contribution is 7.10. The van der Waals surface area contributed by atoms with Crippen LogP contribution in [0.5, 0.6) is 0 Å². The molecule has 0 unspecified atom stereocenters. The predicted octanol–water partition coefficient (Wildman–Crippen LogP) is 2.96. The lowest BCUT2D eigenvalue weighted by molar-refractivity contribution is 0.0637. The van der Waals surface area contributed by atoms with Crippen molar-refractivity contribution in [2.45, 2.75) is 12.5 Å². The Balaban J connectivity index is 1.60. The largest absolute Gasteiger partial charge is 0.383 e. The molecule has 0 spiro atoms. The van der Waals surface area contributed by atoms with E-state index in [1.165, 1.54) is 11.3 Å². The van der Waals surface area contributed by atoms with Crippen LogP contribution in [0.2, 0.25) is 0 Å². The van der Waals surface area contributed by atoms with Gasteiger partial charge >= 0.3 is 6.03 Å². The molecule has 2 amide bonds. The number of thiophene rings is 1. The van der Waals surface area contributed by atoms with Crippen LogP contribution in [0.25, 0.3) is 5.69 Å². The molecule has 0 fully saturated rings. The Morgan fingerprint density at radius 1 is 1.33 bits per heavy atom. The van der Waals surface area contributed by atoms with Gasteiger partial charge in [-0.05, 0) is 42.6 Å². The Morgan fingerprint density at radius 2 is 2.21 bits per heavy atom. The fourth-order valence-corrected chi connectivity index (χ4v) is 3.03. The Kier molecular flexibility index (Phi) is 4.64. The molecule has 0 saturated heterocycles. The van der Waals surface area contributed by atoms with E-state index in [1.54, 1.807) is 23.9 Å². The zero-order valence-electron chi connectivity index (χ0n) is 13.1. The molecule has 0 aliphatic rings. The summed E-state index contributed by atoms with van der Waals surface area (Å²) in [7, 11) is 0. The van der Waals surface area contributed by atoms with Crippen molar-refractivity contribution in [3.63, 3.8) is 0 Å². The van der Waals surface area contributed by atoms with Crippen LogP contribution in [-0.4, -0.2) is 27.5 Å². The van der Waals surface area contributed by atoms with Gasteiger partial charge in [-0.25, -0.2) is 9.48 Å².